The van der Waals surface area contributed by atoms with Gasteiger partial charge in [0.05, 0.1) is 5.92 Å². The second kappa shape index (κ2) is 6.69. The lowest BCUT2D eigenvalue weighted by atomic mass is 9.76. The Morgan fingerprint density at radius 1 is 1.08 bits per heavy atom. The van der Waals surface area contributed by atoms with Crippen molar-refractivity contribution in [3.63, 3.8) is 0 Å². The molecule has 1 N–H and O–H groups in total. The number of anilines is 1. The summed E-state index contributed by atoms with van der Waals surface area (Å²) in [5, 5.41) is 3.01. The summed E-state index contributed by atoms with van der Waals surface area (Å²) in [4.78, 5) is 28.7. The highest BCUT2D eigenvalue weighted by Crippen LogP contribution is 2.40. The average Bonchev–Trinajstić information content (AvgIpc) is 2.77. The standard InChI is InChI=1S/C22H24N2O2/c1-14-6-5-9-18-19(14)20(21(25)15-10-12-24(2)13-11-15)16-7-3-4-8-17(16)22(26)23-18/h3-9,15,20H,10-13H2,1-2H3,(H,23,26). The number of carbonyl (C=O) groups is 2. The van der Waals surface area contributed by atoms with Crippen LogP contribution in [0.3, 0.4) is 0 Å². The molecule has 4 nitrogen and oxygen atoms in total. The van der Waals surface area contributed by atoms with Crippen LogP contribution in [0.15, 0.2) is 42.5 Å². The molecule has 2 aromatic carbocycles. The Balaban J connectivity index is 1.86. The molecule has 0 saturated carbocycles. The van der Waals surface area contributed by atoms with Gasteiger partial charge in [-0.05, 0) is 68.7 Å². The number of nitrogens with zero attached hydrogens (tertiary/aromatic N) is 1. The summed E-state index contributed by atoms with van der Waals surface area (Å²) in [7, 11) is 2.10. The van der Waals surface area contributed by atoms with Gasteiger partial charge in [0.25, 0.3) is 5.91 Å². The number of ketones is 1. The molecule has 2 heterocycles. The molecule has 2 aliphatic rings. The van der Waals surface area contributed by atoms with E-state index in [-0.39, 0.29) is 23.5 Å². The second-order valence-corrected chi connectivity index (χ2v) is 7.49. The molecule has 2 aliphatic heterocycles. The van der Waals surface area contributed by atoms with E-state index in [1.807, 2.05) is 49.4 Å². The van der Waals surface area contributed by atoms with Crippen molar-refractivity contribution in [2.24, 2.45) is 5.92 Å². The van der Waals surface area contributed by atoms with Gasteiger partial charge in [-0.1, -0.05) is 30.3 Å². The molecule has 26 heavy (non-hydrogen) atoms. The third-order valence-electron chi connectivity index (χ3n) is 5.78. The number of nitrogens with one attached hydrogen (secondary N) is 1. The third-order valence-corrected chi connectivity index (χ3v) is 5.78. The van der Waals surface area contributed by atoms with E-state index in [4.69, 9.17) is 0 Å². The van der Waals surface area contributed by atoms with E-state index in [1.165, 1.54) is 0 Å². The van der Waals surface area contributed by atoms with E-state index in [0.29, 0.717) is 5.56 Å². The fraction of sp³-hybridized carbons (Fsp3) is 0.364. The number of carbonyl (C=O) groups excluding carboxylic acids is 2. The smallest absolute Gasteiger partial charge is 0.255 e. The van der Waals surface area contributed by atoms with Gasteiger partial charge in [-0.15, -0.1) is 0 Å². The van der Waals surface area contributed by atoms with Gasteiger partial charge in [0.2, 0.25) is 0 Å². The Morgan fingerprint density at radius 2 is 1.81 bits per heavy atom. The highest BCUT2D eigenvalue weighted by Gasteiger charge is 2.37. The van der Waals surface area contributed by atoms with Crippen LogP contribution in [-0.4, -0.2) is 36.7 Å². The van der Waals surface area contributed by atoms with Crippen molar-refractivity contribution >= 4 is 17.4 Å². The highest BCUT2D eigenvalue weighted by molar-refractivity contribution is 6.10. The lowest BCUT2D eigenvalue weighted by molar-refractivity contribution is -0.124. The molecule has 0 aromatic heterocycles. The maximum Gasteiger partial charge on any atom is 0.255 e. The Bertz CT molecular complexity index is 866. The largest absolute Gasteiger partial charge is 0.322 e. The van der Waals surface area contributed by atoms with Crippen LogP contribution in [0.4, 0.5) is 5.69 Å². The second-order valence-electron chi connectivity index (χ2n) is 7.49. The zero-order valence-corrected chi connectivity index (χ0v) is 15.3. The average molecular weight is 348 g/mol. The van der Waals surface area contributed by atoms with Crippen molar-refractivity contribution in [2.75, 3.05) is 25.5 Å². The molecular formula is C22H24N2O2. The molecule has 1 atom stereocenters. The van der Waals surface area contributed by atoms with E-state index in [9.17, 15) is 9.59 Å². The van der Waals surface area contributed by atoms with Crippen LogP contribution in [0.1, 0.15) is 45.8 Å². The van der Waals surface area contributed by atoms with Crippen LogP contribution in [0.2, 0.25) is 0 Å². The lowest BCUT2D eigenvalue weighted by Crippen LogP contribution is -2.36. The fourth-order valence-electron chi connectivity index (χ4n) is 4.30. The first kappa shape index (κ1) is 17.0. The molecule has 134 valence electrons. The van der Waals surface area contributed by atoms with E-state index in [1.54, 1.807) is 0 Å². The number of fused-ring (bicyclic) bond motifs is 2. The molecule has 4 heteroatoms. The van der Waals surface area contributed by atoms with Gasteiger partial charge in [0, 0.05) is 17.2 Å². The number of likely N-dealkylation sites (tertiary alicyclic amines) is 1. The Hall–Kier alpha value is -2.46. The van der Waals surface area contributed by atoms with Crippen LogP contribution < -0.4 is 5.32 Å². The zero-order valence-electron chi connectivity index (χ0n) is 15.3. The summed E-state index contributed by atoms with van der Waals surface area (Å²) in [5.74, 6) is -0.219. The van der Waals surface area contributed by atoms with Crippen molar-refractivity contribution < 1.29 is 9.59 Å². The zero-order chi connectivity index (χ0) is 18.3. The van der Waals surface area contributed by atoms with Gasteiger partial charge in [0.1, 0.15) is 5.78 Å². The third kappa shape index (κ3) is 2.84. The van der Waals surface area contributed by atoms with Crippen molar-refractivity contribution in [1.82, 2.24) is 4.90 Å². The van der Waals surface area contributed by atoms with Gasteiger partial charge in [0.15, 0.2) is 0 Å². The van der Waals surface area contributed by atoms with Gasteiger partial charge < -0.3 is 10.2 Å². The highest BCUT2D eigenvalue weighted by atomic mass is 16.2. The number of Topliss-reactive ketones (excluding diaryl/α,β-unsaturated/α-hetero) is 1. The first-order valence-corrected chi connectivity index (χ1v) is 9.28. The Morgan fingerprint density at radius 3 is 2.58 bits per heavy atom. The minimum Gasteiger partial charge on any atom is -0.322 e. The fourth-order valence-corrected chi connectivity index (χ4v) is 4.30. The van der Waals surface area contributed by atoms with Crippen molar-refractivity contribution in [3.8, 4) is 0 Å². The first-order chi connectivity index (χ1) is 12.6. The van der Waals surface area contributed by atoms with Crippen LogP contribution in [0.5, 0.6) is 0 Å². The molecule has 1 unspecified atom stereocenters. The summed E-state index contributed by atoms with van der Waals surface area (Å²) < 4.78 is 0. The summed E-state index contributed by atoms with van der Waals surface area (Å²) in [6.45, 7) is 3.92. The molecule has 1 amide bonds. The van der Waals surface area contributed by atoms with Crippen LogP contribution in [0.25, 0.3) is 0 Å². The minimum absolute atomic E-state index is 0.0462. The number of aryl methyl sites for hydroxylation is 1. The maximum atomic E-state index is 13.6. The van der Waals surface area contributed by atoms with Crippen LogP contribution in [0, 0.1) is 12.8 Å². The number of benzene rings is 2. The summed E-state index contributed by atoms with van der Waals surface area (Å²) in [6, 6.07) is 13.4. The number of amides is 1. The van der Waals surface area contributed by atoms with E-state index in [2.05, 4.69) is 17.3 Å². The van der Waals surface area contributed by atoms with Gasteiger partial charge >= 0.3 is 0 Å². The van der Waals surface area contributed by atoms with Crippen LogP contribution >= 0.6 is 0 Å². The predicted octanol–water partition coefficient (Wildman–Crippen LogP) is 3.60. The maximum absolute atomic E-state index is 13.6. The molecule has 0 radical (unpaired) electrons. The van der Waals surface area contributed by atoms with Gasteiger partial charge in [-0.2, -0.15) is 0 Å². The van der Waals surface area contributed by atoms with E-state index in [0.717, 1.165) is 48.3 Å². The molecule has 4 rings (SSSR count). The van der Waals surface area contributed by atoms with Gasteiger partial charge in [-0.3, -0.25) is 9.59 Å². The van der Waals surface area contributed by atoms with E-state index >= 15 is 0 Å². The van der Waals surface area contributed by atoms with Crippen LogP contribution in [-0.2, 0) is 4.79 Å². The number of piperidine rings is 1. The molecular weight excluding hydrogens is 324 g/mol. The quantitative estimate of drug-likeness (QED) is 0.902. The van der Waals surface area contributed by atoms with Gasteiger partial charge in [-0.25, -0.2) is 0 Å². The number of rotatable bonds is 2. The molecule has 1 saturated heterocycles. The Labute approximate surface area is 154 Å². The molecule has 1 fully saturated rings. The summed E-state index contributed by atoms with van der Waals surface area (Å²) >= 11 is 0. The normalized spacial score (nSPS) is 20.7. The molecule has 0 aliphatic carbocycles. The summed E-state index contributed by atoms with van der Waals surface area (Å²) in [6.07, 6.45) is 1.77. The lowest BCUT2D eigenvalue weighted by Gasteiger charge is -2.31. The molecule has 0 bridgehead atoms. The van der Waals surface area contributed by atoms with Crippen molar-refractivity contribution in [2.45, 2.75) is 25.7 Å². The number of hydrogen-bond donors (Lipinski definition) is 1. The Kier molecular flexibility index (Phi) is 4.37. The molecule has 0 spiro atoms. The predicted molar refractivity (Wildman–Crippen MR) is 103 cm³/mol. The SMILES string of the molecule is Cc1cccc2c1C(C(=O)C1CCN(C)CC1)c1ccccc1C(=O)N2. The van der Waals surface area contributed by atoms with E-state index < -0.39 is 0 Å². The number of hydrogen-bond acceptors (Lipinski definition) is 3. The minimum atomic E-state index is -0.380. The van der Waals surface area contributed by atoms with Crippen molar-refractivity contribution in [1.29, 1.82) is 0 Å². The summed E-state index contributed by atoms with van der Waals surface area (Å²) in [5.41, 5.74) is 4.20. The van der Waals surface area contributed by atoms with Crippen molar-refractivity contribution in [3.05, 3.63) is 64.7 Å². The monoisotopic (exact) mass is 348 g/mol. The first-order valence-electron chi connectivity index (χ1n) is 9.28. The molecule has 2 aromatic rings. The topological polar surface area (TPSA) is 49.4 Å².